The molecule has 0 fully saturated rings. The number of rotatable bonds is 4. The first-order valence-electron chi connectivity index (χ1n) is 6.19. The van der Waals surface area contributed by atoms with Gasteiger partial charge >= 0.3 is 7.66 Å². The molecule has 0 N–H and O–H groups in total. The summed E-state index contributed by atoms with van der Waals surface area (Å²) >= 11 is 0. The summed E-state index contributed by atoms with van der Waals surface area (Å²) in [5.41, 5.74) is 0.416. The van der Waals surface area contributed by atoms with Crippen molar-refractivity contribution < 1.29 is 9.05 Å². The Bertz CT molecular complexity index is 831. The number of nitrogens with zero attached hydrogens (tertiary/aromatic N) is 4. The molecule has 108 valence electrons. The molecule has 1 aliphatic rings. The van der Waals surface area contributed by atoms with Gasteiger partial charge in [0, 0.05) is 0 Å². The number of benzene rings is 2. The second-order valence-electron chi connectivity index (χ2n) is 4.04. The van der Waals surface area contributed by atoms with Crippen LogP contribution in [0, 0.1) is 11.3 Å². The summed E-state index contributed by atoms with van der Waals surface area (Å²) < 4.78 is 24.5. The van der Waals surface area contributed by atoms with Crippen LogP contribution in [0.1, 0.15) is 5.56 Å². The van der Waals surface area contributed by atoms with Gasteiger partial charge in [0.25, 0.3) is 0 Å². The lowest BCUT2D eigenvalue weighted by Crippen LogP contribution is -1.99. The van der Waals surface area contributed by atoms with Gasteiger partial charge < -0.3 is 9.05 Å². The SMILES string of the molecule is N#Cc1ccccc1OP1(Oc2ccccc2)=NP=NP=N1. The van der Waals surface area contributed by atoms with E-state index in [1.807, 2.05) is 30.3 Å². The van der Waals surface area contributed by atoms with Gasteiger partial charge in [-0.15, -0.1) is 9.03 Å². The van der Waals surface area contributed by atoms with Crippen molar-refractivity contribution in [2.24, 2.45) is 13.5 Å². The molecule has 1 unspecified atom stereocenters. The molecule has 1 aliphatic heterocycles. The van der Waals surface area contributed by atoms with Crippen LogP contribution in [-0.4, -0.2) is 0 Å². The predicted octanol–water partition coefficient (Wildman–Crippen LogP) is 6.07. The van der Waals surface area contributed by atoms with Crippen molar-refractivity contribution in [1.82, 2.24) is 0 Å². The van der Waals surface area contributed by atoms with Gasteiger partial charge in [-0.25, -0.2) is 0 Å². The zero-order valence-electron chi connectivity index (χ0n) is 11.1. The third-order valence-electron chi connectivity index (χ3n) is 2.58. The lowest BCUT2D eigenvalue weighted by molar-refractivity contribution is 0.478. The molecule has 2 aromatic rings. The molecule has 9 heteroatoms. The maximum absolute atomic E-state index is 9.18. The standard InChI is InChI=1S/C13H9N4O2P3/c14-10-11-6-4-5-9-13(11)19-22(16-20-15-21-17-22)18-12-7-2-1-3-8-12/h1-9H. The van der Waals surface area contributed by atoms with Crippen molar-refractivity contribution in [3.05, 3.63) is 60.2 Å². The summed E-state index contributed by atoms with van der Waals surface area (Å²) in [6.07, 6.45) is 0. The molecule has 6 nitrogen and oxygen atoms in total. The highest BCUT2D eigenvalue weighted by atomic mass is 31.2. The second kappa shape index (κ2) is 6.81. The molecule has 0 spiro atoms. The van der Waals surface area contributed by atoms with Gasteiger partial charge in [0.15, 0.2) is 17.0 Å². The lowest BCUT2D eigenvalue weighted by atomic mass is 10.2. The Morgan fingerprint density at radius 2 is 1.73 bits per heavy atom. The van der Waals surface area contributed by atoms with Crippen molar-refractivity contribution in [1.29, 1.82) is 5.26 Å². The van der Waals surface area contributed by atoms with E-state index in [4.69, 9.17) is 9.05 Å². The van der Waals surface area contributed by atoms with E-state index in [9.17, 15) is 5.26 Å². The van der Waals surface area contributed by atoms with Gasteiger partial charge in [-0.3, -0.25) is 0 Å². The van der Waals surface area contributed by atoms with E-state index in [0.717, 1.165) is 0 Å². The molecule has 0 saturated carbocycles. The molecule has 0 radical (unpaired) electrons. The summed E-state index contributed by atoms with van der Waals surface area (Å²) in [7, 11) is -1.87. The summed E-state index contributed by atoms with van der Waals surface area (Å²) in [4.78, 5) is 0. The average Bonchev–Trinajstić information content (AvgIpc) is 2.57. The highest BCUT2D eigenvalue weighted by Gasteiger charge is 2.28. The lowest BCUT2D eigenvalue weighted by Gasteiger charge is -2.20. The Morgan fingerprint density at radius 3 is 2.45 bits per heavy atom. The zero-order chi connectivity index (χ0) is 15.3. The van der Waals surface area contributed by atoms with Crippen LogP contribution in [0.4, 0.5) is 0 Å². The smallest absolute Gasteiger partial charge is 0.413 e. The van der Waals surface area contributed by atoms with Crippen LogP contribution in [0.2, 0.25) is 0 Å². The largest absolute Gasteiger partial charge is 0.459 e. The first-order chi connectivity index (χ1) is 10.8. The van der Waals surface area contributed by atoms with Crippen LogP contribution in [0.5, 0.6) is 11.5 Å². The zero-order valence-corrected chi connectivity index (χ0v) is 13.8. The van der Waals surface area contributed by atoms with Crippen LogP contribution in [-0.2, 0) is 0 Å². The maximum Gasteiger partial charge on any atom is 0.459 e. The van der Waals surface area contributed by atoms with Gasteiger partial charge in [0.1, 0.15) is 17.6 Å². The van der Waals surface area contributed by atoms with E-state index in [-0.39, 0.29) is 0 Å². The summed E-state index contributed by atoms with van der Waals surface area (Å²) in [6, 6.07) is 18.3. The first-order valence-corrected chi connectivity index (χ1v) is 9.32. The Labute approximate surface area is 130 Å². The first kappa shape index (κ1) is 14.9. The minimum atomic E-state index is -2.89. The molecular weight excluding hydrogens is 337 g/mol. The molecule has 22 heavy (non-hydrogen) atoms. The normalized spacial score (nSPS) is 20.5. The molecule has 3 rings (SSSR count). The fourth-order valence-electron chi connectivity index (χ4n) is 1.65. The molecule has 0 aromatic heterocycles. The number of hydrogen-bond acceptors (Lipinski definition) is 6. The third-order valence-corrected chi connectivity index (χ3v) is 6.55. The topological polar surface area (TPSA) is 79.3 Å². The van der Waals surface area contributed by atoms with Gasteiger partial charge in [0.2, 0.25) is 0 Å². The van der Waals surface area contributed by atoms with E-state index in [2.05, 4.69) is 19.6 Å². The maximum atomic E-state index is 9.18. The van der Waals surface area contributed by atoms with Crippen molar-refractivity contribution in [3.63, 3.8) is 0 Å². The van der Waals surface area contributed by atoms with Crippen molar-refractivity contribution >= 4 is 24.7 Å². The van der Waals surface area contributed by atoms with Crippen molar-refractivity contribution in [3.8, 4) is 17.6 Å². The predicted molar refractivity (Wildman–Crippen MR) is 86.9 cm³/mol. The van der Waals surface area contributed by atoms with Crippen LogP contribution >= 0.6 is 24.7 Å². The molecule has 1 atom stereocenters. The molecule has 0 bridgehead atoms. The quantitative estimate of drug-likeness (QED) is 0.631. The van der Waals surface area contributed by atoms with Crippen molar-refractivity contribution in [2.75, 3.05) is 0 Å². The summed E-state index contributed by atoms with van der Waals surface area (Å²) in [6.45, 7) is 0. The van der Waals surface area contributed by atoms with Crippen LogP contribution in [0.15, 0.2) is 68.1 Å². The van der Waals surface area contributed by atoms with E-state index in [0.29, 0.717) is 34.1 Å². The third kappa shape index (κ3) is 3.40. The fourth-order valence-corrected chi connectivity index (χ4v) is 5.43. The van der Waals surface area contributed by atoms with E-state index >= 15 is 0 Å². The van der Waals surface area contributed by atoms with E-state index in [1.165, 1.54) is 0 Å². The molecule has 1 heterocycles. The summed E-state index contributed by atoms with van der Waals surface area (Å²) in [5, 5.41) is 9.18. The van der Waals surface area contributed by atoms with Gasteiger partial charge in [-0.2, -0.15) is 9.78 Å². The Kier molecular flexibility index (Phi) is 4.61. The minimum absolute atomic E-state index is 0.411. The highest BCUT2D eigenvalue weighted by Crippen LogP contribution is 2.59. The Morgan fingerprint density at radius 1 is 0.955 bits per heavy atom. The number of para-hydroxylation sites is 2. The minimum Gasteiger partial charge on any atom is -0.413 e. The monoisotopic (exact) mass is 346 g/mol. The molecule has 2 aromatic carbocycles. The highest BCUT2D eigenvalue weighted by molar-refractivity contribution is 7.65. The number of nitriles is 1. The second-order valence-corrected chi connectivity index (χ2v) is 7.89. The van der Waals surface area contributed by atoms with Crippen LogP contribution in [0.3, 0.4) is 0 Å². The van der Waals surface area contributed by atoms with Gasteiger partial charge in [0.05, 0.1) is 5.56 Å². The van der Waals surface area contributed by atoms with Gasteiger partial charge in [-0.1, -0.05) is 30.3 Å². The molecular formula is C13H9N4O2P3. The van der Waals surface area contributed by atoms with E-state index < -0.39 is 7.66 Å². The average molecular weight is 346 g/mol. The molecule has 0 saturated heterocycles. The Balaban J connectivity index is 1.98. The fraction of sp³-hybridized carbons (Fsp3) is 0. The number of hydrogen-bond donors (Lipinski definition) is 0. The van der Waals surface area contributed by atoms with E-state index in [1.54, 1.807) is 24.3 Å². The van der Waals surface area contributed by atoms with Crippen molar-refractivity contribution in [2.45, 2.75) is 0 Å². The van der Waals surface area contributed by atoms with Crippen LogP contribution < -0.4 is 9.05 Å². The summed E-state index contributed by atoms with van der Waals surface area (Å²) in [5.74, 6) is 1.03. The van der Waals surface area contributed by atoms with Crippen LogP contribution in [0.25, 0.3) is 0 Å². The molecule has 0 amide bonds. The van der Waals surface area contributed by atoms with Gasteiger partial charge in [-0.05, 0) is 24.3 Å². The Hall–Kier alpha value is -2.04. The molecule has 0 aliphatic carbocycles.